The Hall–Kier alpha value is -3.08. The van der Waals surface area contributed by atoms with Crippen molar-refractivity contribution in [1.29, 1.82) is 0 Å². The molecule has 0 saturated carbocycles. The number of hydrogen-bond acceptors (Lipinski definition) is 5. The Morgan fingerprint density at radius 1 is 1.07 bits per heavy atom. The van der Waals surface area contributed by atoms with Gasteiger partial charge in [-0.2, -0.15) is 0 Å². The van der Waals surface area contributed by atoms with Crippen LogP contribution in [0.3, 0.4) is 0 Å². The Balaban J connectivity index is 1.95. The summed E-state index contributed by atoms with van der Waals surface area (Å²) in [4.78, 5) is 24.0. The van der Waals surface area contributed by atoms with Crippen LogP contribution in [0.15, 0.2) is 66.1 Å². The fourth-order valence-electron chi connectivity index (χ4n) is 3.04. The summed E-state index contributed by atoms with van der Waals surface area (Å²) < 4.78 is 15.6. The number of hydrogen-bond donors (Lipinski definition) is 0. The van der Waals surface area contributed by atoms with E-state index in [1.807, 2.05) is 30.3 Å². The summed E-state index contributed by atoms with van der Waals surface area (Å²) in [7, 11) is 0. The van der Waals surface area contributed by atoms with Gasteiger partial charge in [0, 0.05) is 12.3 Å². The molecule has 1 unspecified atom stereocenters. The minimum Gasteiger partial charge on any atom is -0.463 e. The monoisotopic (exact) mass is 366 g/mol. The molecule has 1 atom stereocenters. The first kappa shape index (κ1) is 18.7. The van der Waals surface area contributed by atoms with E-state index in [4.69, 9.17) is 14.2 Å². The minimum absolute atomic E-state index is 0.0943. The summed E-state index contributed by atoms with van der Waals surface area (Å²) in [6, 6.07) is 14.2. The van der Waals surface area contributed by atoms with Crippen LogP contribution >= 0.6 is 0 Å². The number of fused-ring (bicyclic) bond motifs is 1. The van der Waals surface area contributed by atoms with Crippen molar-refractivity contribution in [2.75, 3.05) is 13.2 Å². The van der Waals surface area contributed by atoms with E-state index in [1.165, 1.54) is 6.08 Å². The lowest BCUT2D eigenvalue weighted by Gasteiger charge is -2.23. The van der Waals surface area contributed by atoms with Gasteiger partial charge in [-0.05, 0) is 36.3 Å². The highest BCUT2D eigenvalue weighted by Crippen LogP contribution is 2.34. The molecular formula is C22H22O5. The molecule has 0 spiro atoms. The molecule has 0 aromatic heterocycles. The zero-order chi connectivity index (χ0) is 19.2. The number of esters is 2. The Kier molecular flexibility index (Phi) is 5.91. The average molecular weight is 366 g/mol. The van der Waals surface area contributed by atoms with Crippen LogP contribution in [0.5, 0.6) is 0 Å². The van der Waals surface area contributed by atoms with E-state index in [0.717, 1.165) is 16.3 Å². The van der Waals surface area contributed by atoms with E-state index in [-0.39, 0.29) is 24.9 Å². The summed E-state index contributed by atoms with van der Waals surface area (Å²) >= 11 is 0. The van der Waals surface area contributed by atoms with Gasteiger partial charge in [-0.15, -0.1) is 0 Å². The van der Waals surface area contributed by atoms with Crippen LogP contribution in [0.2, 0.25) is 0 Å². The molecule has 0 bridgehead atoms. The van der Waals surface area contributed by atoms with Crippen LogP contribution in [-0.2, 0) is 23.8 Å². The molecule has 0 N–H and O–H groups in total. The molecule has 0 aliphatic carbocycles. The summed E-state index contributed by atoms with van der Waals surface area (Å²) in [5.41, 5.74) is 1.04. The molecule has 2 aromatic carbocycles. The van der Waals surface area contributed by atoms with Crippen LogP contribution in [0.1, 0.15) is 31.7 Å². The largest absolute Gasteiger partial charge is 0.463 e. The van der Waals surface area contributed by atoms with Crippen molar-refractivity contribution in [3.63, 3.8) is 0 Å². The summed E-state index contributed by atoms with van der Waals surface area (Å²) in [5, 5.41) is 2.26. The molecule has 3 rings (SSSR count). The van der Waals surface area contributed by atoms with Gasteiger partial charge in [0.1, 0.15) is 5.76 Å². The maximum absolute atomic E-state index is 12.2. The predicted octanol–water partition coefficient (Wildman–Crippen LogP) is 4.24. The molecule has 0 amide bonds. The van der Waals surface area contributed by atoms with E-state index in [2.05, 4.69) is 12.1 Å². The summed E-state index contributed by atoms with van der Waals surface area (Å²) in [6.07, 6.45) is 3.51. The van der Waals surface area contributed by atoms with Crippen LogP contribution in [0.25, 0.3) is 10.8 Å². The normalized spacial score (nSPS) is 17.9. The van der Waals surface area contributed by atoms with Gasteiger partial charge in [-0.1, -0.05) is 42.5 Å². The number of rotatable bonds is 5. The Morgan fingerprint density at radius 3 is 2.56 bits per heavy atom. The average Bonchev–Trinajstić information content (AvgIpc) is 2.67. The topological polar surface area (TPSA) is 61.8 Å². The zero-order valence-electron chi connectivity index (χ0n) is 15.4. The van der Waals surface area contributed by atoms with Gasteiger partial charge in [0.15, 0.2) is 0 Å². The van der Waals surface area contributed by atoms with E-state index in [0.29, 0.717) is 12.2 Å². The van der Waals surface area contributed by atoms with Crippen LogP contribution in [0.4, 0.5) is 0 Å². The van der Waals surface area contributed by atoms with Crippen LogP contribution < -0.4 is 0 Å². The first-order valence-corrected chi connectivity index (χ1v) is 9.03. The van der Waals surface area contributed by atoms with E-state index in [1.54, 1.807) is 19.9 Å². The first-order chi connectivity index (χ1) is 13.1. The lowest BCUT2D eigenvalue weighted by atomic mass is 9.90. The van der Waals surface area contributed by atoms with E-state index < -0.39 is 11.9 Å². The van der Waals surface area contributed by atoms with Crippen molar-refractivity contribution < 1.29 is 23.8 Å². The van der Waals surface area contributed by atoms with Gasteiger partial charge < -0.3 is 14.2 Å². The first-order valence-electron chi connectivity index (χ1n) is 9.03. The predicted molar refractivity (Wildman–Crippen MR) is 102 cm³/mol. The van der Waals surface area contributed by atoms with Gasteiger partial charge in [0.05, 0.1) is 19.3 Å². The third-order valence-corrected chi connectivity index (χ3v) is 4.26. The van der Waals surface area contributed by atoms with Gasteiger partial charge in [0.2, 0.25) is 5.76 Å². The third kappa shape index (κ3) is 4.56. The van der Waals surface area contributed by atoms with Crippen molar-refractivity contribution in [2.24, 2.45) is 0 Å². The molecule has 1 aliphatic heterocycles. The second-order valence-corrected chi connectivity index (χ2v) is 6.13. The van der Waals surface area contributed by atoms with Gasteiger partial charge in [-0.3, -0.25) is 0 Å². The summed E-state index contributed by atoms with van der Waals surface area (Å²) in [6.45, 7) is 3.99. The SMILES string of the molecule is CCOC(=O)/C=C1\CC(c2ccc3ccccc3c2)C=C(C(=O)OCC)O1. The minimum atomic E-state index is -0.544. The number of ether oxygens (including phenoxy) is 3. The maximum Gasteiger partial charge on any atom is 0.373 e. The molecule has 0 saturated heterocycles. The molecule has 2 aromatic rings. The van der Waals surface area contributed by atoms with Crippen molar-refractivity contribution in [3.8, 4) is 0 Å². The lowest BCUT2D eigenvalue weighted by Crippen LogP contribution is -2.18. The van der Waals surface area contributed by atoms with Crippen molar-refractivity contribution in [1.82, 2.24) is 0 Å². The second kappa shape index (κ2) is 8.54. The molecule has 0 fully saturated rings. The van der Waals surface area contributed by atoms with E-state index >= 15 is 0 Å². The van der Waals surface area contributed by atoms with Gasteiger partial charge in [0.25, 0.3) is 0 Å². The van der Waals surface area contributed by atoms with Crippen molar-refractivity contribution >= 4 is 22.7 Å². The Bertz CT molecular complexity index is 910. The Morgan fingerprint density at radius 2 is 1.81 bits per heavy atom. The quantitative estimate of drug-likeness (QED) is 0.585. The number of allylic oxidation sites excluding steroid dienone is 2. The second-order valence-electron chi connectivity index (χ2n) is 6.13. The standard InChI is InChI=1S/C22H22O5/c1-3-25-21(23)14-19-12-18(13-20(27-19)22(24)26-4-2)17-10-9-15-7-5-6-8-16(15)11-17/h5-11,13-14,18H,3-4,12H2,1-2H3/b19-14+. The number of benzene rings is 2. The zero-order valence-corrected chi connectivity index (χ0v) is 15.4. The van der Waals surface area contributed by atoms with Crippen molar-refractivity contribution in [2.45, 2.75) is 26.2 Å². The third-order valence-electron chi connectivity index (χ3n) is 4.26. The van der Waals surface area contributed by atoms with Crippen molar-refractivity contribution in [3.05, 3.63) is 71.7 Å². The van der Waals surface area contributed by atoms with Gasteiger partial charge in [-0.25, -0.2) is 9.59 Å². The highest BCUT2D eigenvalue weighted by molar-refractivity contribution is 5.88. The number of carbonyl (C=O) groups is 2. The lowest BCUT2D eigenvalue weighted by molar-refractivity contribution is -0.142. The maximum atomic E-state index is 12.2. The summed E-state index contributed by atoms with van der Waals surface area (Å²) in [5.74, 6) is -0.662. The highest BCUT2D eigenvalue weighted by Gasteiger charge is 2.26. The molecule has 5 heteroatoms. The molecule has 140 valence electrons. The molecule has 5 nitrogen and oxygen atoms in total. The highest BCUT2D eigenvalue weighted by atomic mass is 16.6. The fourth-order valence-corrected chi connectivity index (χ4v) is 3.04. The molecule has 0 radical (unpaired) electrons. The molecule has 1 heterocycles. The van der Waals surface area contributed by atoms with Crippen LogP contribution in [-0.4, -0.2) is 25.2 Å². The molecular weight excluding hydrogens is 344 g/mol. The Labute approximate surface area is 158 Å². The van der Waals surface area contributed by atoms with Gasteiger partial charge >= 0.3 is 11.9 Å². The fraction of sp³-hybridized carbons (Fsp3) is 0.273. The molecule has 27 heavy (non-hydrogen) atoms. The number of carbonyl (C=O) groups excluding carboxylic acids is 2. The smallest absolute Gasteiger partial charge is 0.373 e. The van der Waals surface area contributed by atoms with Crippen LogP contribution in [0, 0.1) is 0 Å². The molecule has 1 aliphatic rings. The van der Waals surface area contributed by atoms with E-state index in [9.17, 15) is 9.59 Å².